The molecular formula is C22H23F5N2O5S. The standard InChI is InChI=1S/C22H23F5N2O5S/c1-4-34-19-9-13(5-8-18(19)33-2)17(12-35(3,31)32)29-15-7-6-14(22(25,26)27)10-16(15)28(21(29)30)11-20(23)24/h5-10,17,20H,4,11-12H2,1-3H3. The van der Waals surface area contributed by atoms with Gasteiger partial charge in [0.15, 0.2) is 11.5 Å². The summed E-state index contributed by atoms with van der Waals surface area (Å²) < 4.78 is 103. The van der Waals surface area contributed by atoms with Crippen LogP contribution in [0.15, 0.2) is 41.2 Å². The number of imidazole rings is 1. The maximum Gasteiger partial charge on any atom is 0.416 e. The quantitative estimate of drug-likeness (QED) is 0.395. The van der Waals surface area contributed by atoms with E-state index >= 15 is 0 Å². The number of halogens is 5. The number of alkyl halides is 5. The highest BCUT2D eigenvalue weighted by Crippen LogP contribution is 2.35. The molecule has 3 rings (SSSR count). The highest BCUT2D eigenvalue weighted by atomic mass is 32.2. The lowest BCUT2D eigenvalue weighted by Gasteiger charge is -2.20. The minimum absolute atomic E-state index is 0.119. The van der Waals surface area contributed by atoms with Crippen molar-refractivity contribution < 1.29 is 39.8 Å². The number of ether oxygens (including phenoxy) is 2. The van der Waals surface area contributed by atoms with Crippen molar-refractivity contribution in [1.29, 1.82) is 0 Å². The molecule has 0 saturated carbocycles. The first-order valence-electron chi connectivity index (χ1n) is 10.4. The van der Waals surface area contributed by atoms with Gasteiger partial charge in [-0.15, -0.1) is 0 Å². The fourth-order valence-electron chi connectivity index (χ4n) is 3.85. The van der Waals surface area contributed by atoms with Crippen molar-refractivity contribution in [3.63, 3.8) is 0 Å². The molecule has 192 valence electrons. The van der Waals surface area contributed by atoms with Crippen molar-refractivity contribution in [2.75, 3.05) is 25.7 Å². The van der Waals surface area contributed by atoms with Crippen molar-refractivity contribution in [2.24, 2.45) is 0 Å². The summed E-state index contributed by atoms with van der Waals surface area (Å²) in [6.07, 6.45) is -6.89. The Balaban J connectivity index is 2.35. The average molecular weight is 522 g/mol. The van der Waals surface area contributed by atoms with Gasteiger partial charge in [-0.3, -0.25) is 9.13 Å². The Morgan fingerprint density at radius 1 is 1.03 bits per heavy atom. The number of aromatic nitrogens is 2. The largest absolute Gasteiger partial charge is 0.493 e. The van der Waals surface area contributed by atoms with Gasteiger partial charge < -0.3 is 9.47 Å². The maximum absolute atomic E-state index is 13.3. The third kappa shape index (κ3) is 5.77. The first-order valence-corrected chi connectivity index (χ1v) is 12.4. The van der Waals surface area contributed by atoms with E-state index < -0.39 is 52.0 Å². The SMILES string of the molecule is CCOc1cc(C(CS(C)(=O)=O)n2c(=O)n(CC(F)F)c3cc(C(F)(F)F)ccc32)ccc1OC. The second kappa shape index (κ2) is 9.88. The third-order valence-electron chi connectivity index (χ3n) is 5.26. The number of hydrogen-bond donors (Lipinski definition) is 0. The first-order chi connectivity index (χ1) is 16.3. The third-order valence-corrected chi connectivity index (χ3v) is 6.18. The summed E-state index contributed by atoms with van der Waals surface area (Å²) in [6, 6.07) is 5.45. The fraction of sp³-hybridized carbons (Fsp3) is 0.409. The predicted octanol–water partition coefficient (Wildman–Crippen LogP) is 4.13. The zero-order chi connectivity index (χ0) is 26.1. The van der Waals surface area contributed by atoms with E-state index in [0.29, 0.717) is 22.4 Å². The maximum atomic E-state index is 13.3. The van der Waals surface area contributed by atoms with E-state index in [-0.39, 0.29) is 29.0 Å². The van der Waals surface area contributed by atoms with Gasteiger partial charge in [0, 0.05) is 6.26 Å². The van der Waals surface area contributed by atoms with Crippen LogP contribution in [0, 0.1) is 0 Å². The van der Waals surface area contributed by atoms with Gasteiger partial charge in [-0.1, -0.05) is 6.07 Å². The Hall–Kier alpha value is -3.09. The van der Waals surface area contributed by atoms with Crippen LogP contribution >= 0.6 is 0 Å². The smallest absolute Gasteiger partial charge is 0.416 e. The van der Waals surface area contributed by atoms with Crippen LogP contribution in [0.2, 0.25) is 0 Å². The molecule has 2 aromatic carbocycles. The lowest BCUT2D eigenvalue weighted by molar-refractivity contribution is -0.137. The number of benzene rings is 2. The van der Waals surface area contributed by atoms with Crippen LogP contribution in [-0.2, 0) is 22.6 Å². The van der Waals surface area contributed by atoms with E-state index in [2.05, 4.69) is 0 Å². The fourth-order valence-corrected chi connectivity index (χ4v) is 4.76. The van der Waals surface area contributed by atoms with Crippen LogP contribution in [0.5, 0.6) is 11.5 Å². The zero-order valence-corrected chi connectivity index (χ0v) is 19.8. The molecule has 1 atom stereocenters. The molecule has 0 spiro atoms. The highest BCUT2D eigenvalue weighted by molar-refractivity contribution is 7.90. The molecule has 3 aromatic rings. The lowest BCUT2D eigenvalue weighted by atomic mass is 10.1. The van der Waals surface area contributed by atoms with Crippen molar-refractivity contribution in [2.45, 2.75) is 32.1 Å². The summed E-state index contributed by atoms with van der Waals surface area (Å²) in [7, 11) is -2.37. The van der Waals surface area contributed by atoms with Crippen LogP contribution < -0.4 is 15.2 Å². The number of fused-ring (bicyclic) bond motifs is 1. The molecule has 0 radical (unpaired) electrons. The van der Waals surface area contributed by atoms with Crippen LogP contribution in [0.1, 0.15) is 24.1 Å². The van der Waals surface area contributed by atoms with Gasteiger partial charge in [0.1, 0.15) is 9.84 Å². The summed E-state index contributed by atoms with van der Waals surface area (Å²) in [6.45, 7) is 0.785. The van der Waals surface area contributed by atoms with Crippen LogP contribution in [0.25, 0.3) is 11.0 Å². The molecule has 0 aliphatic rings. The van der Waals surface area contributed by atoms with E-state index in [1.54, 1.807) is 6.92 Å². The molecule has 35 heavy (non-hydrogen) atoms. The second-order valence-electron chi connectivity index (χ2n) is 7.81. The number of sulfone groups is 1. The van der Waals surface area contributed by atoms with Gasteiger partial charge >= 0.3 is 11.9 Å². The van der Waals surface area contributed by atoms with Crippen molar-refractivity contribution in [3.05, 3.63) is 58.0 Å². The van der Waals surface area contributed by atoms with Crippen LogP contribution in [-0.4, -0.2) is 49.7 Å². The Labute approximate surface area is 197 Å². The number of nitrogens with zero attached hydrogens (tertiary/aromatic N) is 2. The predicted molar refractivity (Wildman–Crippen MR) is 119 cm³/mol. The molecular weight excluding hydrogens is 499 g/mol. The van der Waals surface area contributed by atoms with Gasteiger partial charge in [-0.05, 0) is 42.8 Å². The average Bonchev–Trinajstić information content (AvgIpc) is 3.01. The molecule has 0 N–H and O–H groups in total. The minimum atomic E-state index is -4.78. The summed E-state index contributed by atoms with van der Waals surface area (Å²) >= 11 is 0. The Morgan fingerprint density at radius 3 is 2.26 bits per heavy atom. The van der Waals surface area contributed by atoms with E-state index in [4.69, 9.17) is 9.47 Å². The van der Waals surface area contributed by atoms with Crippen molar-refractivity contribution in [3.8, 4) is 11.5 Å². The monoisotopic (exact) mass is 522 g/mol. The zero-order valence-electron chi connectivity index (χ0n) is 19.0. The molecule has 0 amide bonds. The van der Waals surface area contributed by atoms with Crippen LogP contribution in [0.3, 0.4) is 0 Å². The molecule has 1 heterocycles. The van der Waals surface area contributed by atoms with Gasteiger partial charge in [-0.25, -0.2) is 22.0 Å². The molecule has 0 aliphatic carbocycles. The minimum Gasteiger partial charge on any atom is -0.493 e. The van der Waals surface area contributed by atoms with E-state index in [0.717, 1.165) is 16.9 Å². The van der Waals surface area contributed by atoms with E-state index in [1.165, 1.54) is 25.3 Å². The Kier molecular flexibility index (Phi) is 7.48. The number of rotatable bonds is 9. The molecule has 7 nitrogen and oxygen atoms in total. The summed E-state index contributed by atoms with van der Waals surface area (Å²) in [5.41, 5.74) is -2.44. The highest BCUT2D eigenvalue weighted by Gasteiger charge is 2.33. The molecule has 0 aliphatic heterocycles. The Bertz CT molecular complexity index is 1380. The van der Waals surface area contributed by atoms with Gasteiger partial charge in [0.2, 0.25) is 0 Å². The number of methoxy groups -OCH3 is 1. The van der Waals surface area contributed by atoms with Crippen molar-refractivity contribution >= 4 is 20.9 Å². The molecule has 0 fully saturated rings. The molecule has 1 unspecified atom stereocenters. The molecule has 0 bridgehead atoms. The Morgan fingerprint density at radius 2 is 1.71 bits per heavy atom. The van der Waals surface area contributed by atoms with E-state index in [9.17, 15) is 35.2 Å². The van der Waals surface area contributed by atoms with Gasteiger partial charge in [0.25, 0.3) is 6.43 Å². The van der Waals surface area contributed by atoms with E-state index in [1.807, 2.05) is 0 Å². The van der Waals surface area contributed by atoms with Crippen LogP contribution in [0.4, 0.5) is 22.0 Å². The molecule has 0 saturated heterocycles. The topological polar surface area (TPSA) is 79.5 Å². The first kappa shape index (κ1) is 26.5. The molecule has 13 heteroatoms. The van der Waals surface area contributed by atoms with Gasteiger partial charge in [-0.2, -0.15) is 13.2 Å². The van der Waals surface area contributed by atoms with Gasteiger partial charge in [0.05, 0.1) is 48.7 Å². The summed E-state index contributed by atoms with van der Waals surface area (Å²) in [5.74, 6) is -0.0506. The number of hydrogen-bond acceptors (Lipinski definition) is 5. The van der Waals surface area contributed by atoms with Crippen molar-refractivity contribution in [1.82, 2.24) is 9.13 Å². The second-order valence-corrected chi connectivity index (χ2v) is 9.99. The molecule has 1 aromatic heterocycles. The summed E-state index contributed by atoms with van der Waals surface area (Å²) in [4.78, 5) is 13.3. The normalized spacial score (nSPS) is 13.4. The summed E-state index contributed by atoms with van der Waals surface area (Å²) in [5, 5.41) is 0. The lowest BCUT2D eigenvalue weighted by Crippen LogP contribution is -2.32.